The van der Waals surface area contributed by atoms with Gasteiger partial charge >= 0.3 is 0 Å². The number of nitro benzene ring substituents is 1. The van der Waals surface area contributed by atoms with Crippen molar-refractivity contribution in [3.05, 3.63) is 63.3 Å². The number of carbonyl (C=O) groups excluding carboxylic acids is 1. The number of halogens is 1. The van der Waals surface area contributed by atoms with E-state index in [-0.39, 0.29) is 17.4 Å². The van der Waals surface area contributed by atoms with Gasteiger partial charge in [0.15, 0.2) is 5.13 Å². The number of amides is 1. The first-order valence-corrected chi connectivity index (χ1v) is 12.5. The molecule has 8 nitrogen and oxygen atoms in total. The van der Waals surface area contributed by atoms with Crippen molar-refractivity contribution in [2.24, 2.45) is 0 Å². The second kappa shape index (κ2) is 9.71. The first-order valence-electron chi connectivity index (χ1n) is 10.8. The fourth-order valence-corrected chi connectivity index (χ4v) is 5.95. The largest absolute Gasteiger partial charge is 0.379 e. The van der Waals surface area contributed by atoms with Gasteiger partial charge in [0.25, 0.3) is 11.6 Å². The predicted molar refractivity (Wildman–Crippen MR) is 132 cm³/mol. The lowest BCUT2D eigenvalue weighted by atomic mass is 10.2. The van der Waals surface area contributed by atoms with Crippen LogP contribution >= 0.6 is 22.7 Å². The smallest absolute Gasteiger partial charge is 0.270 e. The maximum atomic E-state index is 13.7. The molecule has 0 N–H and O–H groups in total. The third-order valence-corrected chi connectivity index (χ3v) is 7.84. The van der Waals surface area contributed by atoms with Crippen LogP contribution in [-0.2, 0) is 4.74 Å². The van der Waals surface area contributed by atoms with Gasteiger partial charge in [-0.1, -0.05) is 11.3 Å². The van der Waals surface area contributed by atoms with Crippen LogP contribution in [-0.4, -0.2) is 60.1 Å². The number of thiophene rings is 1. The number of fused-ring (bicyclic) bond motifs is 2. The van der Waals surface area contributed by atoms with Gasteiger partial charge in [0, 0.05) is 48.4 Å². The minimum atomic E-state index is -0.448. The van der Waals surface area contributed by atoms with Gasteiger partial charge in [-0.3, -0.25) is 24.7 Å². The molecule has 0 unspecified atom stereocenters. The summed E-state index contributed by atoms with van der Waals surface area (Å²) in [6.45, 7) is 4.42. The van der Waals surface area contributed by atoms with Crippen molar-refractivity contribution in [1.82, 2.24) is 9.88 Å². The number of rotatable bonds is 7. The molecule has 0 bridgehead atoms. The number of hydrogen-bond acceptors (Lipinski definition) is 8. The van der Waals surface area contributed by atoms with Crippen molar-refractivity contribution >= 4 is 59.7 Å². The van der Waals surface area contributed by atoms with Crippen molar-refractivity contribution in [3.8, 4) is 0 Å². The predicted octanol–water partition coefficient (Wildman–Crippen LogP) is 4.93. The Morgan fingerprint density at radius 2 is 1.97 bits per heavy atom. The lowest BCUT2D eigenvalue weighted by Crippen LogP contribution is -2.39. The van der Waals surface area contributed by atoms with E-state index in [1.807, 2.05) is 0 Å². The van der Waals surface area contributed by atoms with Crippen molar-refractivity contribution in [2.75, 3.05) is 44.3 Å². The van der Waals surface area contributed by atoms with Crippen molar-refractivity contribution in [2.45, 2.75) is 6.42 Å². The molecule has 0 aliphatic carbocycles. The van der Waals surface area contributed by atoms with Crippen molar-refractivity contribution in [3.63, 3.8) is 0 Å². The van der Waals surface area contributed by atoms with Crippen LogP contribution in [0.1, 0.15) is 16.1 Å². The number of morpholine rings is 1. The monoisotopic (exact) mass is 500 g/mol. The Kier molecular flexibility index (Phi) is 6.50. The van der Waals surface area contributed by atoms with Gasteiger partial charge in [-0.05, 0) is 36.8 Å². The highest BCUT2D eigenvalue weighted by Crippen LogP contribution is 2.34. The van der Waals surface area contributed by atoms with Crippen LogP contribution in [0.5, 0.6) is 0 Å². The number of hydrogen-bond donors (Lipinski definition) is 0. The highest BCUT2D eigenvalue weighted by molar-refractivity contribution is 7.23. The molecule has 11 heteroatoms. The molecule has 2 aromatic carbocycles. The summed E-state index contributed by atoms with van der Waals surface area (Å²) < 4.78 is 20.6. The summed E-state index contributed by atoms with van der Waals surface area (Å²) in [5.74, 6) is -0.565. The zero-order valence-corrected chi connectivity index (χ0v) is 19.7. The summed E-state index contributed by atoms with van der Waals surface area (Å²) in [7, 11) is 0. The van der Waals surface area contributed by atoms with E-state index in [1.54, 1.807) is 23.1 Å². The standard InChI is InChI=1S/C23H21FN4O4S2/c24-16-2-4-18-20(14-16)34-23(25-18)27(7-1-6-26-8-10-32-11-9-26)22(29)21-13-15-12-17(28(30)31)3-5-19(15)33-21/h2-5,12-14H,1,6-11H2. The minimum Gasteiger partial charge on any atom is -0.379 e. The van der Waals surface area contributed by atoms with Gasteiger partial charge in [-0.15, -0.1) is 11.3 Å². The zero-order chi connectivity index (χ0) is 23.7. The third kappa shape index (κ3) is 4.78. The molecule has 3 heterocycles. The Bertz CT molecular complexity index is 1370. The lowest BCUT2D eigenvalue weighted by Gasteiger charge is -2.27. The fourth-order valence-electron chi connectivity index (χ4n) is 3.95. The van der Waals surface area contributed by atoms with E-state index in [0.29, 0.717) is 45.4 Å². The lowest BCUT2D eigenvalue weighted by molar-refractivity contribution is -0.384. The third-order valence-electron chi connectivity index (χ3n) is 5.70. The fraction of sp³-hybridized carbons (Fsp3) is 0.304. The van der Waals surface area contributed by atoms with Crippen LogP contribution < -0.4 is 4.90 Å². The Morgan fingerprint density at radius 3 is 2.76 bits per heavy atom. The maximum Gasteiger partial charge on any atom is 0.270 e. The first-order chi connectivity index (χ1) is 16.5. The van der Waals surface area contributed by atoms with Crippen LogP contribution in [0.4, 0.5) is 15.2 Å². The average molecular weight is 501 g/mol. The Labute approximate surface area is 202 Å². The average Bonchev–Trinajstić information content (AvgIpc) is 3.45. The Morgan fingerprint density at radius 1 is 1.15 bits per heavy atom. The van der Waals surface area contributed by atoms with E-state index in [1.165, 1.54) is 46.9 Å². The van der Waals surface area contributed by atoms with Crippen LogP contribution in [0, 0.1) is 15.9 Å². The molecular weight excluding hydrogens is 479 g/mol. The molecule has 1 aliphatic heterocycles. The van der Waals surface area contributed by atoms with Crippen LogP contribution in [0.2, 0.25) is 0 Å². The van der Waals surface area contributed by atoms with Crippen molar-refractivity contribution in [1.29, 1.82) is 0 Å². The van der Waals surface area contributed by atoms with E-state index in [9.17, 15) is 19.3 Å². The Balaban J connectivity index is 1.44. The van der Waals surface area contributed by atoms with E-state index in [4.69, 9.17) is 4.74 Å². The summed E-state index contributed by atoms with van der Waals surface area (Å²) >= 11 is 2.57. The van der Waals surface area contributed by atoms with Crippen LogP contribution in [0.25, 0.3) is 20.3 Å². The Hall–Kier alpha value is -2.99. The summed E-state index contributed by atoms with van der Waals surface area (Å²) in [6.07, 6.45) is 0.742. The number of nitrogens with zero attached hydrogens (tertiary/aromatic N) is 4. The molecular formula is C23H21FN4O4S2. The topological polar surface area (TPSA) is 88.8 Å². The van der Waals surface area contributed by atoms with Crippen molar-refractivity contribution < 1.29 is 18.8 Å². The first kappa shape index (κ1) is 22.8. The molecule has 0 spiro atoms. The molecule has 1 fully saturated rings. The van der Waals surface area contributed by atoms with E-state index >= 15 is 0 Å². The molecule has 2 aromatic heterocycles. The minimum absolute atomic E-state index is 0.0140. The quantitative estimate of drug-likeness (QED) is 0.264. The van der Waals surface area contributed by atoms with Gasteiger partial charge < -0.3 is 4.74 Å². The molecule has 0 saturated carbocycles. The number of benzene rings is 2. The molecule has 1 amide bonds. The second-order valence-corrected chi connectivity index (χ2v) is 10.1. The highest BCUT2D eigenvalue weighted by Gasteiger charge is 2.24. The molecule has 1 saturated heterocycles. The molecule has 1 aliphatic rings. The van der Waals surface area contributed by atoms with Crippen LogP contribution in [0.15, 0.2) is 42.5 Å². The van der Waals surface area contributed by atoms with E-state index < -0.39 is 4.92 Å². The van der Waals surface area contributed by atoms with Gasteiger partial charge in [-0.2, -0.15) is 0 Å². The normalized spacial score (nSPS) is 14.6. The molecule has 5 rings (SSSR count). The van der Waals surface area contributed by atoms with Gasteiger partial charge in [0.2, 0.25) is 0 Å². The number of thiazole rings is 1. The van der Waals surface area contributed by atoms with E-state index in [2.05, 4.69) is 9.88 Å². The number of ether oxygens (including phenoxy) is 1. The van der Waals surface area contributed by atoms with Gasteiger partial charge in [-0.25, -0.2) is 9.37 Å². The number of carbonyl (C=O) groups is 1. The van der Waals surface area contributed by atoms with Crippen LogP contribution in [0.3, 0.4) is 0 Å². The number of anilines is 1. The molecule has 176 valence electrons. The van der Waals surface area contributed by atoms with Gasteiger partial charge in [0.1, 0.15) is 5.82 Å². The number of aromatic nitrogens is 1. The molecule has 4 aromatic rings. The number of nitro groups is 1. The summed E-state index contributed by atoms with van der Waals surface area (Å²) in [5.41, 5.74) is 0.624. The second-order valence-electron chi connectivity index (χ2n) is 7.96. The van der Waals surface area contributed by atoms with E-state index in [0.717, 1.165) is 30.8 Å². The zero-order valence-electron chi connectivity index (χ0n) is 18.1. The summed E-state index contributed by atoms with van der Waals surface area (Å²) in [5, 5.41) is 12.3. The maximum absolute atomic E-state index is 13.7. The highest BCUT2D eigenvalue weighted by atomic mass is 32.1. The SMILES string of the molecule is O=C(c1cc2cc([N+](=O)[O-])ccc2s1)N(CCCN1CCOCC1)c1nc2ccc(F)cc2s1. The summed E-state index contributed by atoms with van der Waals surface area (Å²) in [4.78, 5) is 33.3. The van der Waals surface area contributed by atoms with Gasteiger partial charge in [0.05, 0.1) is 33.2 Å². The molecule has 34 heavy (non-hydrogen) atoms. The molecule has 0 radical (unpaired) electrons. The summed E-state index contributed by atoms with van der Waals surface area (Å²) in [6, 6.07) is 10.7. The number of non-ortho nitro benzene ring substituents is 1. The molecule has 0 atom stereocenters.